The van der Waals surface area contributed by atoms with Crippen LogP contribution in [0.25, 0.3) is 0 Å². The van der Waals surface area contributed by atoms with Crippen molar-refractivity contribution in [2.45, 2.75) is 31.0 Å². The van der Waals surface area contributed by atoms with Crippen molar-refractivity contribution in [3.8, 4) is 5.88 Å². The Hall–Kier alpha value is -2.82. The highest BCUT2D eigenvalue weighted by Crippen LogP contribution is 2.50. The summed E-state index contributed by atoms with van der Waals surface area (Å²) in [4.78, 5) is 24.8. The third-order valence-corrected chi connectivity index (χ3v) is 6.51. The van der Waals surface area contributed by atoms with Gasteiger partial charge >= 0.3 is 0 Å². The monoisotopic (exact) mass is 451 g/mol. The number of hydrogen-bond acceptors (Lipinski definition) is 7. The number of ether oxygens (including phenoxy) is 1. The lowest BCUT2D eigenvalue weighted by Crippen LogP contribution is -2.45. The number of anilines is 1. The number of nitrogens with one attached hydrogen (secondary N) is 1. The van der Waals surface area contributed by atoms with Gasteiger partial charge in [-0.25, -0.2) is 23.1 Å². The molecular formula is C20H20F3N5O2S. The normalized spacial score (nSPS) is 25.3. The van der Waals surface area contributed by atoms with Crippen molar-refractivity contribution in [1.29, 1.82) is 0 Å². The summed E-state index contributed by atoms with van der Waals surface area (Å²) < 4.78 is 45.7. The fourth-order valence-electron chi connectivity index (χ4n) is 4.08. The summed E-state index contributed by atoms with van der Waals surface area (Å²) in [6, 6.07) is 4.18. The van der Waals surface area contributed by atoms with Crippen LogP contribution in [0.2, 0.25) is 0 Å². The van der Waals surface area contributed by atoms with Crippen LogP contribution in [0, 0.1) is 11.7 Å². The van der Waals surface area contributed by atoms with E-state index in [4.69, 9.17) is 5.73 Å². The van der Waals surface area contributed by atoms with Gasteiger partial charge in [0.1, 0.15) is 17.7 Å². The van der Waals surface area contributed by atoms with E-state index in [9.17, 15) is 18.0 Å². The summed E-state index contributed by atoms with van der Waals surface area (Å²) in [5.74, 6) is -0.781. The van der Waals surface area contributed by atoms with Crippen LogP contribution in [0.4, 0.5) is 18.9 Å². The van der Waals surface area contributed by atoms with Crippen LogP contribution in [-0.2, 0) is 5.54 Å². The minimum atomic E-state index is -1.06. The van der Waals surface area contributed by atoms with E-state index in [0.717, 1.165) is 12.4 Å². The fourth-order valence-corrected chi connectivity index (χ4v) is 5.09. The summed E-state index contributed by atoms with van der Waals surface area (Å²) in [7, 11) is 0. The van der Waals surface area contributed by atoms with Gasteiger partial charge in [-0.15, -0.1) is 0 Å². The number of thioether (sulfide) groups is 1. The molecule has 0 unspecified atom stereocenters. The predicted molar refractivity (Wildman–Crippen MR) is 111 cm³/mol. The van der Waals surface area contributed by atoms with Crippen LogP contribution in [0.15, 0.2) is 35.6 Å². The number of aromatic nitrogens is 2. The Labute approximate surface area is 180 Å². The van der Waals surface area contributed by atoms with Crippen molar-refractivity contribution in [1.82, 2.24) is 9.97 Å². The van der Waals surface area contributed by atoms with Gasteiger partial charge in [0.05, 0.1) is 17.9 Å². The van der Waals surface area contributed by atoms with Crippen LogP contribution >= 0.6 is 11.8 Å². The first-order chi connectivity index (χ1) is 14.9. The van der Waals surface area contributed by atoms with E-state index >= 15 is 0 Å². The maximum absolute atomic E-state index is 14.9. The van der Waals surface area contributed by atoms with Gasteiger partial charge < -0.3 is 15.8 Å². The van der Waals surface area contributed by atoms with Gasteiger partial charge in [0.2, 0.25) is 12.7 Å². The molecule has 3 atom stereocenters. The van der Waals surface area contributed by atoms with Crippen molar-refractivity contribution >= 4 is 28.5 Å². The molecule has 1 aromatic heterocycles. The van der Waals surface area contributed by atoms with Crippen LogP contribution in [0.1, 0.15) is 35.3 Å². The second-order valence-electron chi connectivity index (χ2n) is 7.40. The number of amidine groups is 1. The van der Waals surface area contributed by atoms with Crippen LogP contribution in [-0.4, -0.2) is 39.8 Å². The highest BCUT2D eigenvalue weighted by Gasteiger charge is 2.48. The van der Waals surface area contributed by atoms with Gasteiger partial charge in [-0.05, 0) is 37.5 Å². The minimum Gasteiger partial charge on any atom is -0.445 e. The molecule has 1 aromatic carbocycles. The quantitative estimate of drug-likeness (QED) is 0.721. The predicted octanol–water partition coefficient (Wildman–Crippen LogP) is 3.57. The first kappa shape index (κ1) is 21.4. The average molecular weight is 451 g/mol. The molecule has 0 bridgehead atoms. The standard InChI is InChI=1S/C20H20F3N5O2S/c21-10-30-17-8-25-16(7-26-17)18(29)27-13-1-2-15(23)14(6-13)20-4-3-12(22)5-11(20)9-31-19(24)28-20/h1-2,6-8,11-12H,3-5,9-10H2,(H2,24,28)(H,27,29)/t11-,12+,20-/m0/s1. The number of alkyl halides is 2. The van der Waals surface area contributed by atoms with E-state index in [-0.39, 0.29) is 35.9 Å². The Morgan fingerprint density at radius 2 is 2.19 bits per heavy atom. The fraction of sp³-hybridized carbons (Fsp3) is 0.400. The van der Waals surface area contributed by atoms with Crippen molar-refractivity contribution in [2.24, 2.45) is 16.6 Å². The molecule has 1 aliphatic carbocycles. The smallest absolute Gasteiger partial charge is 0.275 e. The summed E-state index contributed by atoms with van der Waals surface area (Å²) in [5.41, 5.74) is 5.57. The molecule has 2 heterocycles. The van der Waals surface area contributed by atoms with Gasteiger partial charge in [0.15, 0.2) is 5.17 Å². The van der Waals surface area contributed by atoms with E-state index in [0.29, 0.717) is 23.0 Å². The SMILES string of the molecule is NC1=N[C@@]2(c3cc(NC(=O)c4cnc(OCF)cn4)ccc3F)CC[C@@H](F)C[C@H]2CS1. The van der Waals surface area contributed by atoms with E-state index in [1.807, 2.05) is 0 Å². The number of aliphatic imine (C=N–C) groups is 1. The molecule has 7 nitrogen and oxygen atoms in total. The second-order valence-corrected chi connectivity index (χ2v) is 8.44. The van der Waals surface area contributed by atoms with Crippen LogP contribution < -0.4 is 15.8 Å². The Morgan fingerprint density at radius 1 is 1.35 bits per heavy atom. The molecule has 2 aromatic rings. The summed E-state index contributed by atoms with van der Waals surface area (Å²) >= 11 is 1.34. The van der Waals surface area contributed by atoms with Crippen molar-refractivity contribution in [3.63, 3.8) is 0 Å². The highest BCUT2D eigenvalue weighted by molar-refractivity contribution is 8.13. The maximum Gasteiger partial charge on any atom is 0.275 e. The largest absolute Gasteiger partial charge is 0.445 e. The molecule has 0 spiro atoms. The summed E-state index contributed by atoms with van der Waals surface area (Å²) in [6.07, 6.45) is 2.18. The summed E-state index contributed by atoms with van der Waals surface area (Å²) in [5, 5.41) is 2.99. The molecule has 164 valence electrons. The third-order valence-electron chi connectivity index (χ3n) is 5.55. The van der Waals surface area contributed by atoms with Crippen molar-refractivity contribution < 1.29 is 22.7 Å². The molecule has 2 aliphatic rings. The molecule has 11 heteroatoms. The minimum absolute atomic E-state index is 0.0256. The summed E-state index contributed by atoms with van der Waals surface area (Å²) in [6.45, 7) is -1.06. The second kappa shape index (κ2) is 8.74. The topological polar surface area (TPSA) is 102 Å². The number of carbonyl (C=O) groups is 1. The maximum atomic E-state index is 14.9. The van der Waals surface area contributed by atoms with E-state index < -0.39 is 30.3 Å². The number of carbonyl (C=O) groups excluding carboxylic acids is 1. The van der Waals surface area contributed by atoms with Gasteiger partial charge in [0.25, 0.3) is 5.91 Å². The Balaban J connectivity index is 1.62. The van der Waals surface area contributed by atoms with E-state index in [1.54, 1.807) is 0 Å². The van der Waals surface area contributed by atoms with Crippen LogP contribution in [0.5, 0.6) is 5.88 Å². The molecular weight excluding hydrogens is 431 g/mol. The van der Waals surface area contributed by atoms with E-state index in [1.165, 1.54) is 30.0 Å². The first-order valence-electron chi connectivity index (χ1n) is 9.65. The zero-order chi connectivity index (χ0) is 22.0. The Kier molecular flexibility index (Phi) is 6.03. The highest BCUT2D eigenvalue weighted by atomic mass is 32.2. The lowest BCUT2D eigenvalue weighted by Gasteiger charge is -2.45. The number of rotatable bonds is 5. The average Bonchev–Trinajstić information content (AvgIpc) is 2.76. The third kappa shape index (κ3) is 4.32. The van der Waals surface area contributed by atoms with Crippen molar-refractivity contribution in [3.05, 3.63) is 47.7 Å². The molecule has 31 heavy (non-hydrogen) atoms. The number of nitrogens with two attached hydrogens (primary N) is 1. The van der Waals surface area contributed by atoms with Gasteiger partial charge in [-0.1, -0.05) is 11.8 Å². The lowest BCUT2D eigenvalue weighted by atomic mass is 9.69. The Bertz CT molecular complexity index is 1010. The van der Waals surface area contributed by atoms with Gasteiger partial charge in [0, 0.05) is 22.9 Å². The zero-order valence-electron chi connectivity index (χ0n) is 16.4. The van der Waals surface area contributed by atoms with Gasteiger partial charge in [-0.2, -0.15) is 0 Å². The molecule has 1 fully saturated rings. The number of benzene rings is 1. The molecule has 4 rings (SSSR count). The van der Waals surface area contributed by atoms with E-state index in [2.05, 4.69) is 25.0 Å². The molecule has 0 radical (unpaired) electrons. The number of amides is 1. The van der Waals surface area contributed by atoms with Gasteiger partial charge in [-0.3, -0.25) is 9.79 Å². The van der Waals surface area contributed by atoms with Crippen molar-refractivity contribution in [2.75, 3.05) is 17.9 Å². The number of hydrogen-bond donors (Lipinski definition) is 2. The number of fused-ring (bicyclic) bond motifs is 1. The van der Waals surface area contributed by atoms with Crippen LogP contribution in [0.3, 0.4) is 0 Å². The molecule has 0 saturated heterocycles. The molecule has 1 saturated carbocycles. The first-order valence-corrected chi connectivity index (χ1v) is 10.6. The number of halogens is 3. The lowest BCUT2D eigenvalue weighted by molar-refractivity contribution is 0.102. The zero-order valence-corrected chi connectivity index (χ0v) is 17.2. The molecule has 1 amide bonds. The number of nitrogens with zero attached hydrogens (tertiary/aromatic N) is 3. The Morgan fingerprint density at radius 3 is 2.94 bits per heavy atom. The molecule has 1 aliphatic heterocycles. The molecule has 3 N–H and O–H groups in total.